The van der Waals surface area contributed by atoms with Gasteiger partial charge < -0.3 is 20.6 Å². The van der Waals surface area contributed by atoms with E-state index in [9.17, 15) is 19.5 Å². The van der Waals surface area contributed by atoms with Crippen LogP contribution in [0.4, 0.5) is 0 Å². The van der Waals surface area contributed by atoms with E-state index in [-0.39, 0.29) is 0 Å². The SMILES string of the molecule is O=C(O)/C=C(/NC(=O)CC(O)(c1ccccc1)c1ccccc1)C(=O)O. The van der Waals surface area contributed by atoms with Gasteiger partial charge in [-0.05, 0) is 11.1 Å². The number of carboxylic acid groups (broad SMARTS) is 2. The quantitative estimate of drug-likeness (QED) is 0.558. The van der Waals surface area contributed by atoms with Crippen LogP contribution in [0.1, 0.15) is 17.5 Å². The number of carbonyl (C=O) groups excluding carboxylic acids is 1. The highest BCUT2D eigenvalue weighted by Crippen LogP contribution is 2.32. The lowest BCUT2D eigenvalue weighted by molar-refractivity contribution is -0.136. The van der Waals surface area contributed by atoms with Gasteiger partial charge >= 0.3 is 11.9 Å². The van der Waals surface area contributed by atoms with Crippen molar-refractivity contribution >= 4 is 17.8 Å². The van der Waals surface area contributed by atoms with Crippen molar-refractivity contribution in [3.8, 4) is 0 Å². The summed E-state index contributed by atoms with van der Waals surface area (Å²) in [6.45, 7) is 0. The summed E-state index contributed by atoms with van der Waals surface area (Å²) in [7, 11) is 0. The molecule has 0 bridgehead atoms. The number of amides is 1. The summed E-state index contributed by atoms with van der Waals surface area (Å²) in [5, 5.41) is 30.9. The van der Waals surface area contributed by atoms with Crippen molar-refractivity contribution in [3.05, 3.63) is 83.6 Å². The van der Waals surface area contributed by atoms with Crippen molar-refractivity contribution in [2.45, 2.75) is 12.0 Å². The summed E-state index contributed by atoms with van der Waals surface area (Å²) >= 11 is 0. The van der Waals surface area contributed by atoms with Crippen LogP contribution in [-0.2, 0) is 20.0 Å². The standard InChI is InChI=1S/C19H17NO6/c21-16(20-15(18(24)25)11-17(22)23)12-19(26,13-7-3-1-4-8-13)14-9-5-2-6-10-14/h1-11,26H,12H2,(H,20,21)(H,22,23)(H,24,25)/b15-11+. The van der Waals surface area contributed by atoms with Crippen molar-refractivity contribution in [2.24, 2.45) is 0 Å². The number of hydrogen-bond acceptors (Lipinski definition) is 4. The molecule has 0 unspecified atom stereocenters. The fourth-order valence-electron chi connectivity index (χ4n) is 2.50. The average molecular weight is 355 g/mol. The molecule has 2 aromatic carbocycles. The molecule has 134 valence electrons. The van der Waals surface area contributed by atoms with E-state index >= 15 is 0 Å². The second kappa shape index (κ2) is 8.09. The van der Waals surface area contributed by atoms with Gasteiger partial charge in [-0.3, -0.25) is 4.79 Å². The maximum atomic E-state index is 12.3. The number of carbonyl (C=O) groups is 3. The maximum absolute atomic E-state index is 12.3. The molecule has 0 aliphatic carbocycles. The third-order valence-electron chi connectivity index (χ3n) is 3.69. The van der Waals surface area contributed by atoms with Crippen LogP contribution < -0.4 is 5.32 Å². The third-order valence-corrected chi connectivity index (χ3v) is 3.69. The van der Waals surface area contributed by atoms with E-state index in [1.807, 2.05) is 5.32 Å². The van der Waals surface area contributed by atoms with Crippen LogP contribution in [0.3, 0.4) is 0 Å². The van der Waals surface area contributed by atoms with Gasteiger partial charge in [-0.2, -0.15) is 0 Å². The van der Waals surface area contributed by atoms with Crippen LogP contribution >= 0.6 is 0 Å². The lowest BCUT2D eigenvalue weighted by Gasteiger charge is -2.29. The number of carboxylic acids is 2. The highest BCUT2D eigenvalue weighted by atomic mass is 16.4. The van der Waals surface area contributed by atoms with E-state index < -0.39 is 35.6 Å². The Morgan fingerprint density at radius 1 is 0.885 bits per heavy atom. The maximum Gasteiger partial charge on any atom is 0.352 e. The Hall–Kier alpha value is -3.45. The molecule has 0 radical (unpaired) electrons. The lowest BCUT2D eigenvalue weighted by atomic mass is 9.83. The van der Waals surface area contributed by atoms with Gasteiger partial charge in [-0.25, -0.2) is 9.59 Å². The normalized spacial score (nSPS) is 11.7. The minimum Gasteiger partial charge on any atom is -0.478 e. The lowest BCUT2D eigenvalue weighted by Crippen LogP contribution is -2.37. The molecule has 0 saturated carbocycles. The molecular formula is C19H17NO6. The second-order valence-corrected chi connectivity index (χ2v) is 5.52. The van der Waals surface area contributed by atoms with Gasteiger partial charge in [-0.15, -0.1) is 0 Å². The first-order valence-corrected chi connectivity index (χ1v) is 7.64. The number of aliphatic hydroxyl groups is 1. The van der Waals surface area contributed by atoms with Gasteiger partial charge in [0.2, 0.25) is 5.91 Å². The van der Waals surface area contributed by atoms with Crippen LogP contribution in [0.25, 0.3) is 0 Å². The zero-order chi connectivity index (χ0) is 19.2. The molecule has 26 heavy (non-hydrogen) atoms. The van der Waals surface area contributed by atoms with Gasteiger partial charge in [0, 0.05) is 0 Å². The monoisotopic (exact) mass is 355 g/mol. The topological polar surface area (TPSA) is 124 Å². The largest absolute Gasteiger partial charge is 0.478 e. The highest BCUT2D eigenvalue weighted by molar-refractivity contribution is 5.98. The first-order valence-electron chi connectivity index (χ1n) is 7.64. The molecule has 0 atom stereocenters. The molecule has 0 heterocycles. The zero-order valence-electron chi connectivity index (χ0n) is 13.6. The van der Waals surface area contributed by atoms with E-state index in [0.29, 0.717) is 17.2 Å². The minimum absolute atomic E-state index is 0.379. The summed E-state index contributed by atoms with van der Waals surface area (Å²) in [5.74, 6) is -3.94. The summed E-state index contributed by atoms with van der Waals surface area (Å²) in [6, 6.07) is 16.9. The van der Waals surface area contributed by atoms with Crippen LogP contribution in [0, 0.1) is 0 Å². The Morgan fingerprint density at radius 3 is 1.73 bits per heavy atom. The molecule has 0 aliphatic heterocycles. The average Bonchev–Trinajstić information content (AvgIpc) is 2.62. The molecule has 7 nitrogen and oxygen atoms in total. The molecule has 0 fully saturated rings. The van der Waals surface area contributed by atoms with Gasteiger partial charge in [0.1, 0.15) is 11.3 Å². The van der Waals surface area contributed by atoms with Crippen molar-refractivity contribution < 1.29 is 29.7 Å². The molecule has 7 heteroatoms. The van der Waals surface area contributed by atoms with Gasteiger partial charge in [0.25, 0.3) is 0 Å². The molecule has 2 rings (SSSR count). The minimum atomic E-state index is -1.71. The summed E-state index contributed by atoms with van der Waals surface area (Å²) in [4.78, 5) is 34.1. The van der Waals surface area contributed by atoms with Crippen LogP contribution in [0.15, 0.2) is 72.4 Å². The highest BCUT2D eigenvalue weighted by Gasteiger charge is 2.34. The first kappa shape index (κ1) is 18.9. The molecule has 4 N–H and O–H groups in total. The third kappa shape index (κ3) is 4.55. The fourth-order valence-corrected chi connectivity index (χ4v) is 2.50. The number of aliphatic carboxylic acids is 2. The first-order chi connectivity index (χ1) is 12.3. The fraction of sp³-hybridized carbons (Fsp3) is 0.105. The van der Waals surface area contributed by atoms with Crippen LogP contribution in [0.2, 0.25) is 0 Å². The number of benzene rings is 2. The summed E-state index contributed by atoms with van der Waals surface area (Å²) in [6.07, 6.45) is -0.115. The van der Waals surface area contributed by atoms with Crippen LogP contribution in [0.5, 0.6) is 0 Å². The number of hydrogen-bond donors (Lipinski definition) is 4. The van der Waals surface area contributed by atoms with Crippen molar-refractivity contribution in [1.29, 1.82) is 0 Å². The Labute approximate surface area is 149 Å². The van der Waals surface area contributed by atoms with Crippen molar-refractivity contribution in [2.75, 3.05) is 0 Å². The molecule has 0 aromatic heterocycles. The summed E-state index contributed by atoms with van der Waals surface area (Å²) < 4.78 is 0. The van der Waals surface area contributed by atoms with Gasteiger partial charge in [-0.1, -0.05) is 60.7 Å². The van der Waals surface area contributed by atoms with E-state index in [0.717, 1.165) is 0 Å². The van der Waals surface area contributed by atoms with E-state index in [1.54, 1.807) is 60.7 Å². The summed E-state index contributed by atoms with van der Waals surface area (Å²) in [5.41, 5.74) is -1.61. The van der Waals surface area contributed by atoms with Gasteiger partial charge in [0.05, 0.1) is 12.5 Å². The molecule has 0 saturated heterocycles. The molecule has 2 aromatic rings. The Morgan fingerprint density at radius 2 is 1.35 bits per heavy atom. The van der Waals surface area contributed by atoms with E-state index in [2.05, 4.69) is 0 Å². The number of rotatable bonds is 7. The Kier molecular flexibility index (Phi) is 5.87. The van der Waals surface area contributed by atoms with Crippen molar-refractivity contribution in [1.82, 2.24) is 5.32 Å². The zero-order valence-corrected chi connectivity index (χ0v) is 13.6. The molecule has 0 spiro atoms. The smallest absolute Gasteiger partial charge is 0.352 e. The van der Waals surface area contributed by atoms with Crippen molar-refractivity contribution in [3.63, 3.8) is 0 Å². The predicted molar refractivity (Wildman–Crippen MR) is 92.0 cm³/mol. The Bertz CT molecular complexity index is 790. The molecule has 1 amide bonds. The predicted octanol–water partition coefficient (Wildman–Crippen LogP) is 1.48. The van der Waals surface area contributed by atoms with E-state index in [1.165, 1.54) is 0 Å². The van der Waals surface area contributed by atoms with Gasteiger partial charge in [0.15, 0.2) is 0 Å². The second-order valence-electron chi connectivity index (χ2n) is 5.52. The molecule has 0 aliphatic rings. The van der Waals surface area contributed by atoms with E-state index in [4.69, 9.17) is 10.2 Å². The van der Waals surface area contributed by atoms with Crippen LogP contribution in [-0.4, -0.2) is 33.2 Å². The molecular weight excluding hydrogens is 338 g/mol. The number of nitrogens with one attached hydrogen (secondary N) is 1. The Balaban J connectivity index is 2.35.